The van der Waals surface area contributed by atoms with Crippen LogP contribution >= 0.6 is 0 Å². The number of rotatable bonds is 2. The van der Waals surface area contributed by atoms with Gasteiger partial charge in [-0.2, -0.15) is 0 Å². The normalized spacial score (nSPS) is 10.8. The minimum atomic E-state index is -0.998. The molecule has 0 unspecified atom stereocenters. The van der Waals surface area contributed by atoms with Crippen LogP contribution in [0.2, 0.25) is 0 Å². The van der Waals surface area contributed by atoms with Gasteiger partial charge in [-0.1, -0.05) is 25.1 Å². The molecule has 0 aliphatic heterocycles. The van der Waals surface area contributed by atoms with Crippen LogP contribution in [0.3, 0.4) is 0 Å². The Morgan fingerprint density at radius 3 is 2.80 bits per heavy atom. The van der Waals surface area contributed by atoms with Gasteiger partial charge < -0.3 is 9.52 Å². The number of furan rings is 1. The molecule has 2 rings (SSSR count). The van der Waals surface area contributed by atoms with Gasteiger partial charge in [-0.3, -0.25) is 0 Å². The fourth-order valence-electron chi connectivity index (χ4n) is 1.84. The van der Waals surface area contributed by atoms with Crippen molar-refractivity contribution in [3.8, 4) is 0 Å². The number of hydrogen-bond acceptors (Lipinski definition) is 2. The third-order valence-electron chi connectivity index (χ3n) is 2.56. The molecule has 0 fully saturated rings. The molecule has 1 aromatic heterocycles. The fraction of sp³-hybridized carbons (Fsp3) is 0.250. The number of fused-ring (bicyclic) bond motifs is 1. The average molecular weight is 204 g/mol. The second-order valence-corrected chi connectivity index (χ2v) is 3.52. The van der Waals surface area contributed by atoms with Crippen LogP contribution < -0.4 is 0 Å². The Kier molecular flexibility index (Phi) is 2.23. The van der Waals surface area contributed by atoms with E-state index in [1.54, 1.807) is 0 Å². The monoisotopic (exact) mass is 204 g/mol. The number of aromatic carboxylic acids is 1. The van der Waals surface area contributed by atoms with Crippen LogP contribution in [0, 0.1) is 6.92 Å². The van der Waals surface area contributed by atoms with E-state index < -0.39 is 5.97 Å². The average Bonchev–Trinajstić information content (AvgIpc) is 2.57. The van der Waals surface area contributed by atoms with Gasteiger partial charge in [0.05, 0.1) is 0 Å². The Morgan fingerprint density at radius 2 is 2.20 bits per heavy atom. The van der Waals surface area contributed by atoms with Crippen LogP contribution in [0.25, 0.3) is 11.0 Å². The van der Waals surface area contributed by atoms with E-state index in [0.29, 0.717) is 12.0 Å². The zero-order valence-electron chi connectivity index (χ0n) is 8.70. The third-order valence-corrected chi connectivity index (χ3v) is 2.56. The lowest BCUT2D eigenvalue weighted by atomic mass is 10.1. The summed E-state index contributed by atoms with van der Waals surface area (Å²) in [5.41, 5.74) is 2.43. The smallest absolute Gasteiger partial charge is 0.372 e. The molecule has 0 radical (unpaired) electrons. The molecule has 0 atom stereocenters. The lowest BCUT2D eigenvalue weighted by molar-refractivity contribution is 0.0663. The highest BCUT2D eigenvalue weighted by atomic mass is 16.4. The SMILES string of the molecule is CCc1c(C(=O)O)oc2c(C)cccc12. The summed E-state index contributed by atoms with van der Waals surface area (Å²) in [5, 5.41) is 9.91. The minimum absolute atomic E-state index is 0.0711. The molecule has 78 valence electrons. The summed E-state index contributed by atoms with van der Waals surface area (Å²) in [6.45, 7) is 3.84. The van der Waals surface area contributed by atoms with Gasteiger partial charge in [0.15, 0.2) is 0 Å². The molecule has 0 saturated carbocycles. The Balaban J connectivity index is 2.84. The maximum Gasteiger partial charge on any atom is 0.372 e. The topological polar surface area (TPSA) is 50.4 Å². The number of aryl methyl sites for hydroxylation is 2. The fourth-order valence-corrected chi connectivity index (χ4v) is 1.84. The molecule has 0 bridgehead atoms. The van der Waals surface area contributed by atoms with E-state index in [1.807, 2.05) is 32.0 Å². The van der Waals surface area contributed by atoms with Crippen molar-refractivity contribution >= 4 is 16.9 Å². The molecule has 0 aliphatic carbocycles. The molecule has 1 N–H and O–H groups in total. The van der Waals surface area contributed by atoms with E-state index in [0.717, 1.165) is 16.5 Å². The molecule has 2 aromatic rings. The number of hydrogen-bond donors (Lipinski definition) is 1. The summed E-state index contributed by atoms with van der Waals surface area (Å²) in [7, 11) is 0. The van der Waals surface area contributed by atoms with Crippen LogP contribution in [-0.4, -0.2) is 11.1 Å². The Hall–Kier alpha value is -1.77. The Bertz CT molecular complexity index is 523. The highest BCUT2D eigenvalue weighted by Crippen LogP contribution is 2.28. The zero-order valence-corrected chi connectivity index (χ0v) is 8.70. The summed E-state index contributed by atoms with van der Waals surface area (Å²) < 4.78 is 5.38. The number of carboxylic acid groups (broad SMARTS) is 1. The largest absolute Gasteiger partial charge is 0.475 e. The van der Waals surface area contributed by atoms with Crippen LogP contribution in [0.15, 0.2) is 22.6 Å². The second-order valence-electron chi connectivity index (χ2n) is 3.52. The minimum Gasteiger partial charge on any atom is -0.475 e. The van der Waals surface area contributed by atoms with E-state index in [2.05, 4.69) is 0 Å². The van der Waals surface area contributed by atoms with Crippen LogP contribution in [0.5, 0.6) is 0 Å². The maximum absolute atomic E-state index is 11.0. The molecule has 0 saturated heterocycles. The standard InChI is InChI=1S/C12H12O3/c1-3-8-9-6-4-5-7(2)10(9)15-11(8)12(13)14/h4-6H,3H2,1-2H3,(H,13,14). The molecule has 0 amide bonds. The maximum atomic E-state index is 11.0. The summed E-state index contributed by atoms with van der Waals surface area (Å²) in [6.07, 6.45) is 0.665. The van der Waals surface area contributed by atoms with Crippen LogP contribution in [-0.2, 0) is 6.42 Å². The molecule has 0 spiro atoms. The van der Waals surface area contributed by atoms with Gasteiger partial charge in [0, 0.05) is 10.9 Å². The highest BCUT2D eigenvalue weighted by molar-refractivity contribution is 5.96. The molecule has 1 aromatic carbocycles. The predicted octanol–water partition coefficient (Wildman–Crippen LogP) is 3.00. The first-order valence-electron chi connectivity index (χ1n) is 4.89. The van der Waals surface area contributed by atoms with Gasteiger partial charge in [-0.15, -0.1) is 0 Å². The van der Waals surface area contributed by atoms with Gasteiger partial charge in [-0.25, -0.2) is 4.79 Å². The first kappa shape index (κ1) is 9.77. The van der Waals surface area contributed by atoms with Gasteiger partial charge in [0.1, 0.15) is 5.58 Å². The number of carboxylic acids is 1. The highest BCUT2D eigenvalue weighted by Gasteiger charge is 2.18. The quantitative estimate of drug-likeness (QED) is 0.818. The van der Waals surface area contributed by atoms with E-state index in [9.17, 15) is 4.79 Å². The lowest BCUT2D eigenvalue weighted by Crippen LogP contribution is -1.97. The second kappa shape index (κ2) is 3.42. The summed E-state index contributed by atoms with van der Waals surface area (Å²) in [5.74, 6) is -0.927. The first-order chi connectivity index (χ1) is 7.15. The van der Waals surface area contributed by atoms with E-state index in [4.69, 9.17) is 9.52 Å². The van der Waals surface area contributed by atoms with E-state index in [-0.39, 0.29) is 5.76 Å². The Morgan fingerprint density at radius 1 is 1.47 bits per heavy atom. The van der Waals surface area contributed by atoms with E-state index in [1.165, 1.54) is 0 Å². The number of benzene rings is 1. The zero-order chi connectivity index (χ0) is 11.0. The van der Waals surface area contributed by atoms with Gasteiger partial charge in [0.2, 0.25) is 5.76 Å². The van der Waals surface area contributed by atoms with Gasteiger partial charge in [0.25, 0.3) is 0 Å². The van der Waals surface area contributed by atoms with Gasteiger partial charge >= 0.3 is 5.97 Å². The van der Waals surface area contributed by atoms with Crippen molar-refractivity contribution in [1.29, 1.82) is 0 Å². The van der Waals surface area contributed by atoms with Crippen LogP contribution in [0.4, 0.5) is 0 Å². The third kappa shape index (κ3) is 1.40. The van der Waals surface area contributed by atoms with Crippen molar-refractivity contribution in [2.45, 2.75) is 20.3 Å². The predicted molar refractivity (Wildman–Crippen MR) is 57.3 cm³/mol. The number of para-hydroxylation sites is 1. The molecule has 3 nitrogen and oxygen atoms in total. The molecule has 3 heteroatoms. The van der Waals surface area contributed by atoms with Crippen molar-refractivity contribution in [2.24, 2.45) is 0 Å². The first-order valence-corrected chi connectivity index (χ1v) is 4.89. The van der Waals surface area contributed by atoms with Crippen molar-refractivity contribution in [1.82, 2.24) is 0 Å². The molecule has 1 heterocycles. The summed E-state index contributed by atoms with van der Waals surface area (Å²) in [4.78, 5) is 11.0. The lowest BCUT2D eigenvalue weighted by Gasteiger charge is -1.94. The Labute approximate surface area is 87.3 Å². The molecular weight excluding hydrogens is 192 g/mol. The van der Waals surface area contributed by atoms with Gasteiger partial charge in [-0.05, 0) is 18.9 Å². The van der Waals surface area contributed by atoms with Crippen molar-refractivity contribution in [3.05, 3.63) is 35.1 Å². The molecule has 15 heavy (non-hydrogen) atoms. The van der Waals surface area contributed by atoms with Crippen molar-refractivity contribution in [2.75, 3.05) is 0 Å². The summed E-state index contributed by atoms with van der Waals surface area (Å²) >= 11 is 0. The molecule has 0 aliphatic rings. The summed E-state index contributed by atoms with van der Waals surface area (Å²) in [6, 6.07) is 5.73. The van der Waals surface area contributed by atoms with E-state index >= 15 is 0 Å². The van der Waals surface area contributed by atoms with Crippen molar-refractivity contribution in [3.63, 3.8) is 0 Å². The molecular formula is C12H12O3. The van der Waals surface area contributed by atoms with Crippen molar-refractivity contribution < 1.29 is 14.3 Å². The van der Waals surface area contributed by atoms with Crippen LogP contribution in [0.1, 0.15) is 28.6 Å². The number of carbonyl (C=O) groups is 1.